The van der Waals surface area contributed by atoms with Crippen LogP contribution in [0.5, 0.6) is 0 Å². The lowest BCUT2D eigenvalue weighted by Crippen LogP contribution is -2.45. The molecular weight excluding hydrogens is 370 g/mol. The molecule has 9 heteroatoms. The highest BCUT2D eigenvalue weighted by Crippen LogP contribution is 2.25. The monoisotopic (exact) mass is 391 g/mol. The Morgan fingerprint density at radius 3 is 2.26 bits per heavy atom. The molecule has 0 aromatic heterocycles. The summed E-state index contributed by atoms with van der Waals surface area (Å²) in [6.07, 6.45) is 1.02. The molecule has 0 aliphatic heterocycles. The van der Waals surface area contributed by atoms with Crippen molar-refractivity contribution in [2.24, 2.45) is 0 Å². The molecule has 2 aromatic carbocycles. The normalized spacial score (nSPS) is 12.3. The largest absolute Gasteiger partial charge is 0.324 e. The maximum absolute atomic E-state index is 12.7. The van der Waals surface area contributed by atoms with Gasteiger partial charge in [-0.1, -0.05) is 23.8 Å². The van der Waals surface area contributed by atoms with Gasteiger partial charge in [-0.2, -0.15) is 0 Å². The molecule has 0 spiro atoms. The van der Waals surface area contributed by atoms with Gasteiger partial charge in [0.15, 0.2) is 0 Å². The number of rotatable bonds is 6. The Bertz CT molecular complexity index is 971. The van der Waals surface area contributed by atoms with Crippen LogP contribution in [0.4, 0.5) is 17.1 Å². The highest BCUT2D eigenvalue weighted by Gasteiger charge is 2.29. The van der Waals surface area contributed by atoms with Crippen molar-refractivity contribution in [2.75, 3.05) is 15.9 Å². The minimum absolute atomic E-state index is 0.165. The van der Waals surface area contributed by atoms with E-state index in [1.54, 1.807) is 31.2 Å². The maximum Gasteiger partial charge on any atom is 0.271 e. The number of benzene rings is 2. The van der Waals surface area contributed by atoms with Crippen LogP contribution in [0.25, 0.3) is 0 Å². The van der Waals surface area contributed by atoms with Gasteiger partial charge in [-0.3, -0.25) is 19.2 Å². The number of amides is 1. The van der Waals surface area contributed by atoms with Crippen LogP contribution >= 0.6 is 0 Å². The molecule has 1 unspecified atom stereocenters. The van der Waals surface area contributed by atoms with E-state index >= 15 is 0 Å². The van der Waals surface area contributed by atoms with E-state index in [0.29, 0.717) is 11.3 Å². The summed E-state index contributed by atoms with van der Waals surface area (Å²) < 4.78 is 25.6. The van der Waals surface area contributed by atoms with Crippen molar-refractivity contribution in [1.82, 2.24) is 0 Å². The second-order valence-corrected chi connectivity index (χ2v) is 8.18. The second-order valence-electron chi connectivity index (χ2n) is 6.32. The number of sulfonamides is 1. The topological polar surface area (TPSA) is 110 Å². The van der Waals surface area contributed by atoms with Crippen LogP contribution in [0.15, 0.2) is 42.5 Å². The molecule has 0 heterocycles. The third-order valence-electron chi connectivity index (χ3n) is 4.07. The van der Waals surface area contributed by atoms with Crippen molar-refractivity contribution >= 4 is 33.0 Å². The van der Waals surface area contributed by atoms with Gasteiger partial charge in [-0.15, -0.1) is 0 Å². The van der Waals surface area contributed by atoms with Crippen LogP contribution in [0.3, 0.4) is 0 Å². The Morgan fingerprint density at radius 2 is 1.74 bits per heavy atom. The van der Waals surface area contributed by atoms with Crippen LogP contribution < -0.4 is 9.62 Å². The van der Waals surface area contributed by atoms with E-state index in [9.17, 15) is 23.3 Å². The molecule has 0 aliphatic carbocycles. The van der Waals surface area contributed by atoms with E-state index in [-0.39, 0.29) is 11.4 Å². The summed E-state index contributed by atoms with van der Waals surface area (Å²) in [6, 6.07) is 9.80. The van der Waals surface area contributed by atoms with Gasteiger partial charge >= 0.3 is 0 Å². The van der Waals surface area contributed by atoms with E-state index < -0.39 is 26.9 Å². The van der Waals surface area contributed by atoms with Crippen molar-refractivity contribution < 1.29 is 18.1 Å². The number of nitrogens with zero attached hydrogens (tertiary/aromatic N) is 2. The SMILES string of the molecule is Cc1ccc(N(C(C)C(=O)Nc2cc([N+](=O)[O-])ccc2C)S(C)(=O)=O)cc1. The Kier molecular flexibility index (Phi) is 5.85. The molecule has 0 saturated carbocycles. The Morgan fingerprint density at radius 1 is 1.15 bits per heavy atom. The summed E-state index contributed by atoms with van der Waals surface area (Å²) in [5, 5.41) is 13.5. The smallest absolute Gasteiger partial charge is 0.271 e. The predicted molar refractivity (Wildman–Crippen MR) is 104 cm³/mol. The van der Waals surface area contributed by atoms with E-state index in [0.717, 1.165) is 16.1 Å². The van der Waals surface area contributed by atoms with Crippen LogP contribution in [0.1, 0.15) is 18.1 Å². The van der Waals surface area contributed by atoms with E-state index in [1.807, 2.05) is 6.92 Å². The lowest BCUT2D eigenvalue weighted by Gasteiger charge is -2.28. The number of hydrogen-bond acceptors (Lipinski definition) is 5. The van der Waals surface area contributed by atoms with Gasteiger partial charge in [0.2, 0.25) is 15.9 Å². The zero-order chi connectivity index (χ0) is 20.4. The number of nitro benzene ring substituents is 1. The van der Waals surface area contributed by atoms with Gasteiger partial charge in [0, 0.05) is 12.1 Å². The molecule has 27 heavy (non-hydrogen) atoms. The fraction of sp³-hybridized carbons (Fsp3) is 0.278. The molecule has 1 atom stereocenters. The summed E-state index contributed by atoms with van der Waals surface area (Å²) >= 11 is 0. The summed E-state index contributed by atoms with van der Waals surface area (Å²) in [7, 11) is -3.73. The first-order valence-electron chi connectivity index (χ1n) is 8.12. The highest BCUT2D eigenvalue weighted by atomic mass is 32.2. The lowest BCUT2D eigenvalue weighted by atomic mass is 10.1. The zero-order valence-electron chi connectivity index (χ0n) is 15.5. The molecule has 0 fully saturated rings. The molecular formula is C18H21N3O5S. The fourth-order valence-electron chi connectivity index (χ4n) is 2.60. The highest BCUT2D eigenvalue weighted by molar-refractivity contribution is 7.92. The Balaban J connectivity index is 2.34. The van der Waals surface area contributed by atoms with Gasteiger partial charge in [-0.05, 0) is 38.5 Å². The van der Waals surface area contributed by atoms with Crippen molar-refractivity contribution in [3.8, 4) is 0 Å². The number of anilines is 2. The summed E-state index contributed by atoms with van der Waals surface area (Å²) in [5.74, 6) is -0.593. The number of nitro groups is 1. The van der Waals surface area contributed by atoms with E-state index in [2.05, 4.69) is 5.32 Å². The molecule has 0 radical (unpaired) electrons. The summed E-state index contributed by atoms with van der Waals surface area (Å²) in [4.78, 5) is 23.1. The average Bonchev–Trinajstić information content (AvgIpc) is 2.57. The third kappa shape index (κ3) is 4.82. The predicted octanol–water partition coefficient (Wildman–Crippen LogP) is 3.00. The molecule has 2 aromatic rings. The molecule has 8 nitrogen and oxygen atoms in total. The van der Waals surface area contributed by atoms with Gasteiger partial charge in [-0.25, -0.2) is 8.42 Å². The number of hydrogen-bond donors (Lipinski definition) is 1. The van der Waals surface area contributed by atoms with E-state index in [1.165, 1.54) is 25.1 Å². The minimum Gasteiger partial charge on any atom is -0.324 e. The molecule has 1 amide bonds. The lowest BCUT2D eigenvalue weighted by molar-refractivity contribution is -0.384. The number of non-ortho nitro benzene ring substituents is 1. The van der Waals surface area contributed by atoms with Crippen molar-refractivity contribution in [3.63, 3.8) is 0 Å². The molecule has 2 rings (SSSR count). The molecule has 0 aliphatic rings. The average molecular weight is 391 g/mol. The van der Waals surface area contributed by atoms with Gasteiger partial charge < -0.3 is 5.32 Å². The number of carbonyl (C=O) groups excluding carboxylic acids is 1. The zero-order valence-corrected chi connectivity index (χ0v) is 16.3. The third-order valence-corrected chi connectivity index (χ3v) is 5.31. The second kappa shape index (κ2) is 7.75. The van der Waals surface area contributed by atoms with Crippen molar-refractivity contribution in [3.05, 3.63) is 63.7 Å². The first-order valence-corrected chi connectivity index (χ1v) is 9.97. The first kappa shape index (κ1) is 20.4. The number of aryl methyl sites for hydroxylation is 2. The van der Waals surface area contributed by atoms with Gasteiger partial charge in [0.05, 0.1) is 22.6 Å². The van der Waals surface area contributed by atoms with Crippen molar-refractivity contribution in [1.29, 1.82) is 0 Å². The standard InChI is InChI=1S/C18H21N3O5S/c1-12-5-8-15(9-6-12)20(27(4,25)26)14(3)18(22)19-17-11-16(21(23)24)10-7-13(17)2/h5-11,14H,1-4H3,(H,19,22). The quantitative estimate of drug-likeness (QED) is 0.601. The Labute approximate surface area is 158 Å². The fourth-order valence-corrected chi connectivity index (χ4v) is 3.77. The first-order chi connectivity index (χ1) is 12.5. The van der Waals surface area contributed by atoms with Crippen molar-refractivity contribution in [2.45, 2.75) is 26.8 Å². The summed E-state index contributed by atoms with van der Waals surface area (Å²) in [5.41, 5.74) is 2.04. The molecule has 0 saturated heterocycles. The molecule has 1 N–H and O–H groups in total. The van der Waals surface area contributed by atoms with Gasteiger partial charge in [0.1, 0.15) is 6.04 Å². The number of carbonyl (C=O) groups is 1. The van der Waals surface area contributed by atoms with Crippen LogP contribution in [0, 0.1) is 24.0 Å². The van der Waals surface area contributed by atoms with Crippen LogP contribution in [0.2, 0.25) is 0 Å². The van der Waals surface area contributed by atoms with Gasteiger partial charge in [0.25, 0.3) is 5.69 Å². The maximum atomic E-state index is 12.7. The van der Waals surface area contributed by atoms with Crippen LogP contribution in [-0.4, -0.2) is 31.5 Å². The molecule has 0 bridgehead atoms. The van der Waals surface area contributed by atoms with Crippen LogP contribution in [-0.2, 0) is 14.8 Å². The molecule has 144 valence electrons. The number of nitrogens with one attached hydrogen (secondary N) is 1. The summed E-state index contributed by atoms with van der Waals surface area (Å²) in [6.45, 7) is 5.02. The van der Waals surface area contributed by atoms with E-state index in [4.69, 9.17) is 0 Å². The Hall–Kier alpha value is -2.94. The minimum atomic E-state index is -3.73.